The van der Waals surface area contributed by atoms with Gasteiger partial charge in [-0.1, -0.05) is 18.2 Å². The van der Waals surface area contributed by atoms with Gasteiger partial charge in [0.25, 0.3) is 15.9 Å². The molecule has 1 fully saturated rings. The number of anilines is 1. The highest BCUT2D eigenvalue weighted by Crippen LogP contribution is 2.21. The molecule has 31 heavy (non-hydrogen) atoms. The van der Waals surface area contributed by atoms with E-state index in [4.69, 9.17) is 0 Å². The molecular weight excluding hydrogens is 421 g/mol. The van der Waals surface area contributed by atoms with Crippen molar-refractivity contribution in [1.82, 2.24) is 14.7 Å². The number of carbonyl (C=O) groups excluding carboxylic acids is 1. The van der Waals surface area contributed by atoms with Crippen molar-refractivity contribution in [3.63, 3.8) is 0 Å². The molecule has 10 heteroatoms. The predicted molar refractivity (Wildman–Crippen MR) is 114 cm³/mol. The molecule has 4 rings (SSSR count). The lowest BCUT2D eigenvalue weighted by Crippen LogP contribution is -2.20. The summed E-state index contributed by atoms with van der Waals surface area (Å²) in [6.07, 6.45) is 2.94. The van der Waals surface area contributed by atoms with Gasteiger partial charge in [-0.15, -0.1) is 4.40 Å². The quantitative estimate of drug-likeness (QED) is 0.656. The van der Waals surface area contributed by atoms with E-state index >= 15 is 0 Å². The largest absolute Gasteiger partial charge is 0.362 e. The molecular formula is C21H20FN5O3S. The molecule has 0 spiro atoms. The van der Waals surface area contributed by atoms with Gasteiger partial charge in [0.05, 0.1) is 4.90 Å². The second kappa shape index (κ2) is 8.31. The monoisotopic (exact) mass is 441 g/mol. The van der Waals surface area contributed by atoms with E-state index in [0.717, 1.165) is 13.0 Å². The van der Waals surface area contributed by atoms with Crippen LogP contribution in [0.15, 0.2) is 70.1 Å². The SMILES string of the molecule is CN1CCCC1=NS(=O)(=O)c1cccc(NC(=O)c2ccn(-c3ccccc3F)n2)c1. The Hall–Kier alpha value is -3.53. The van der Waals surface area contributed by atoms with Gasteiger partial charge in [0, 0.05) is 31.9 Å². The standard InChI is InChI=1S/C21H20FN5O3S/c1-26-12-5-10-20(26)25-31(29,30)16-7-4-6-15(14-16)23-21(28)18-11-13-27(24-18)19-9-3-2-8-17(19)22/h2-4,6-9,11,13-14H,5,10,12H2,1H3,(H,23,28). The second-order valence-electron chi connectivity index (χ2n) is 7.09. The molecule has 0 saturated carbocycles. The van der Waals surface area contributed by atoms with Crippen LogP contribution in [0.3, 0.4) is 0 Å². The highest BCUT2D eigenvalue weighted by Gasteiger charge is 2.21. The Morgan fingerprint density at radius 1 is 1.16 bits per heavy atom. The fourth-order valence-corrected chi connectivity index (χ4v) is 4.39. The molecule has 1 aliphatic heterocycles. The third-order valence-corrected chi connectivity index (χ3v) is 6.17. The molecule has 0 atom stereocenters. The molecule has 3 aromatic rings. The van der Waals surface area contributed by atoms with Crippen LogP contribution in [-0.2, 0) is 10.0 Å². The Bertz CT molecular complexity index is 1270. The van der Waals surface area contributed by atoms with Crippen LogP contribution < -0.4 is 5.32 Å². The summed E-state index contributed by atoms with van der Waals surface area (Å²) in [5.41, 5.74) is 0.557. The molecule has 1 aromatic heterocycles. The Morgan fingerprint density at radius 3 is 2.71 bits per heavy atom. The normalized spacial score (nSPS) is 15.4. The van der Waals surface area contributed by atoms with E-state index in [1.54, 1.807) is 31.3 Å². The lowest BCUT2D eigenvalue weighted by molar-refractivity contribution is 0.102. The Balaban J connectivity index is 1.53. The predicted octanol–water partition coefficient (Wildman–Crippen LogP) is 3.08. The van der Waals surface area contributed by atoms with Gasteiger partial charge in [0.15, 0.2) is 5.69 Å². The van der Waals surface area contributed by atoms with Gasteiger partial charge < -0.3 is 10.2 Å². The number of hydrogen-bond acceptors (Lipinski definition) is 4. The first-order valence-electron chi connectivity index (χ1n) is 9.60. The third kappa shape index (κ3) is 4.48. The van der Waals surface area contributed by atoms with Crippen molar-refractivity contribution >= 4 is 27.5 Å². The number of para-hydroxylation sites is 1. The van der Waals surface area contributed by atoms with E-state index in [9.17, 15) is 17.6 Å². The molecule has 0 unspecified atom stereocenters. The van der Waals surface area contributed by atoms with E-state index in [1.165, 1.54) is 41.2 Å². The van der Waals surface area contributed by atoms with Gasteiger partial charge in [0.1, 0.15) is 17.3 Å². The van der Waals surface area contributed by atoms with Gasteiger partial charge in [-0.3, -0.25) is 4.79 Å². The zero-order valence-corrected chi connectivity index (χ0v) is 17.5. The van der Waals surface area contributed by atoms with Crippen LogP contribution in [0.25, 0.3) is 5.69 Å². The van der Waals surface area contributed by atoms with Crippen molar-refractivity contribution < 1.29 is 17.6 Å². The first kappa shape index (κ1) is 20.7. The summed E-state index contributed by atoms with van der Waals surface area (Å²) in [6, 6.07) is 13.4. The summed E-state index contributed by atoms with van der Waals surface area (Å²) in [5, 5.41) is 6.73. The van der Waals surface area contributed by atoms with Crippen LogP contribution in [0.4, 0.5) is 10.1 Å². The average molecular weight is 441 g/mol. The van der Waals surface area contributed by atoms with E-state index < -0.39 is 21.7 Å². The maximum Gasteiger partial charge on any atom is 0.284 e. The number of benzene rings is 2. The molecule has 8 nitrogen and oxygen atoms in total. The smallest absolute Gasteiger partial charge is 0.284 e. The minimum Gasteiger partial charge on any atom is -0.362 e. The molecule has 160 valence electrons. The van der Waals surface area contributed by atoms with Crippen LogP contribution in [0, 0.1) is 5.82 Å². The molecule has 2 aromatic carbocycles. The van der Waals surface area contributed by atoms with Gasteiger partial charge in [-0.25, -0.2) is 9.07 Å². The van der Waals surface area contributed by atoms with E-state index in [0.29, 0.717) is 12.3 Å². The van der Waals surface area contributed by atoms with Crippen LogP contribution >= 0.6 is 0 Å². The summed E-state index contributed by atoms with van der Waals surface area (Å²) < 4.78 is 44.4. The van der Waals surface area contributed by atoms with Crippen molar-refractivity contribution in [2.75, 3.05) is 18.9 Å². The fraction of sp³-hybridized carbons (Fsp3) is 0.190. The second-order valence-corrected chi connectivity index (χ2v) is 8.69. The molecule has 1 amide bonds. The number of nitrogens with zero attached hydrogens (tertiary/aromatic N) is 4. The molecule has 0 bridgehead atoms. The molecule has 1 aliphatic rings. The highest BCUT2D eigenvalue weighted by atomic mass is 32.2. The van der Waals surface area contributed by atoms with Crippen molar-refractivity contribution in [1.29, 1.82) is 0 Å². The van der Waals surface area contributed by atoms with Gasteiger partial charge >= 0.3 is 0 Å². The Labute approximate surface area is 179 Å². The first-order chi connectivity index (χ1) is 14.8. The summed E-state index contributed by atoms with van der Waals surface area (Å²) in [5.74, 6) is -0.496. The Morgan fingerprint density at radius 2 is 1.97 bits per heavy atom. The summed E-state index contributed by atoms with van der Waals surface area (Å²) in [6.45, 7) is 0.768. The average Bonchev–Trinajstić information content (AvgIpc) is 3.38. The number of amides is 1. The fourth-order valence-electron chi connectivity index (χ4n) is 3.25. The highest BCUT2D eigenvalue weighted by molar-refractivity contribution is 7.90. The minimum absolute atomic E-state index is 0.0185. The first-order valence-corrected chi connectivity index (χ1v) is 11.0. The van der Waals surface area contributed by atoms with Crippen LogP contribution in [-0.4, -0.2) is 48.4 Å². The van der Waals surface area contributed by atoms with Crippen LogP contribution in [0.1, 0.15) is 23.3 Å². The topological polar surface area (TPSA) is 96.7 Å². The summed E-state index contributed by atoms with van der Waals surface area (Å²) in [4.78, 5) is 14.4. The summed E-state index contributed by atoms with van der Waals surface area (Å²) in [7, 11) is -2.10. The number of likely N-dealkylation sites (tertiary alicyclic amines) is 1. The zero-order chi connectivity index (χ0) is 22.0. The Kier molecular flexibility index (Phi) is 5.55. The van der Waals surface area contributed by atoms with Gasteiger partial charge in [0.2, 0.25) is 0 Å². The number of sulfonamides is 1. The number of carbonyl (C=O) groups is 1. The van der Waals surface area contributed by atoms with Crippen LogP contribution in [0.2, 0.25) is 0 Å². The lowest BCUT2D eigenvalue weighted by Gasteiger charge is -2.11. The number of aromatic nitrogens is 2. The number of rotatable bonds is 5. The zero-order valence-electron chi connectivity index (χ0n) is 16.7. The van der Waals surface area contributed by atoms with Gasteiger partial charge in [-0.05, 0) is 42.8 Å². The van der Waals surface area contributed by atoms with Crippen molar-refractivity contribution in [3.8, 4) is 5.69 Å². The number of nitrogens with one attached hydrogen (secondary N) is 1. The molecule has 0 aliphatic carbocycles. The van der Waals surface area contributed by atoms with Gasteiger partial charge in [-0.2, -0.15) is 13.5 Å². The van der Waals surface area contributed by atoms with E-state index in [2.05, 4.69) is 14.8 Å². The molecule has 1 N–H and O–H groups in total. The molecule has 2 heterocycles. The minimum atomic E-state index is -3.90. The van der Waals surface area contributed by atoms with Crippen molar-refractivity contribution in [2.24, 2.45) is 4.40 Å². The number of amidine groups is 1. The third-order valence-electron chi connectivity index (χ3n) is 4.87. The number of hydrogen-bond donors (Lipinski definition) is 1. The summed E-state index contributed by atoms with van der Waals surface area (Å²) >= 11 is 0. The van der Waals surface area contributed by atoms with Crippen molar-refractivity contribution in [2.45, 2.75) is 17.7 Å². The van der Waals surface area contributed by atoms with E-state index in [1.807, 2.05) is 4.90 Å². The van der Waals surface area contributed by atoms with Crippen molar-refractivity contribution in [3.05, 3.63) is 72.3 Å². The maximum absolute atomic E-state index is 13.9. The molecule has 0 radical (unpaired) electrons. The maximum atomic E-state index is 13.9. The lowest BCUT2D eigenvalue weighted by atomic mass is 10.3. The number of halogens is 1. The molecule has 1 saturated heterocycles. The van der Waals surface area contributed by atoms with Crippen LogP contribution in [0.5, 0.6) is 0 Å². The van der Waals surface area contributed by atoms with E-state index in [-0.39, 0.29) is 22.0 Å².